The molecule has 1 unspecified atom stereocenters. The van der Waals surface area contributed by atoms with Gasteiger partial charge in [0.2, 0.25) is 10.0 Å². The molecule has 1 aromatic rings. The molecular formula is C12H19N3O3S. The third-order valence-electron chi connectivity index (χ3n) is 3.07. The summed E-state index contributed by atoms with van der Waals surface area (Å²) >= 11 is 0. The van der Waals surface area contributed by atoms with Gasteiger partial charge in [0.1, 0.15) is 0 Å². The van der Waals surface area contributed by atoms with Crippen LogP contribution < -0.4 is 16.2 Å². The predicted molar refractivity (Wildman–Crippen MR) is 74.3 cm³/mol. The second-order valence-corrected chi connectivity index (χ2v) is 6.27. The van der Waals surface area contributed by atoms with Crippen LogP contribution in [-0.2, 0) is 14.8 Å². The van der Waals surface area contributed by atoms with Crippen LogP contribution in [-0.4, -0.2) is 27.7 Å². The van der Waals surface area contributed by atoms with Gasteiger partial charge in [-0.05, 0) is 37.5 Å². The lowest BCUT2D eigenvalue weighted by Crippen LogP contribution is -2.27. The Labute approximate surface area is 113 Å². The molecule has 5 N–H and O–H groups in total. The molecule has 0 radical (unpaired) electrons. The lowest BCUT2D eigenvalue weighted by Gasteiger charge is -2.23. The summed E-state index contributed by atoms with van der Waals surface area (Å²) in [7, 11) is -3.74. The van der Waals surface area contributed by atoms with Crippen LogP contribution in [0.15, 0.2) is 23.1 Å². The smallest absolute Gasteiger partial charge is 0.238 e. The van der Waals surface area contributed by atoms with Gasteiger partial charge in [-0.25, -0.2) is 13.6 Å². The van der Waals surface area contributed by atoms with Crippen molar-refractivity contribution in [1.82, 2.24) is 0 Å². The quantitative estimate of drug-likeness (QED) is 0.712. The Kier molecular flexibility index (Phi) is 4.28. The van der Waals surface area contributed by atoms with Crippen LogP contribution in [0.1, 0.15) is 19.3 Å². The summed E-state index contributed by atoms with van der Waals surface area (Å²) in [6, 6.07) is 4.50. The van der Waals surface area contributed by atoms with E-state index < -0.39 is 10.0 Å². The number of hydrogen-bond donors (Lipinski definition) is 3. The molecule has 0 aromatic heterocycles. The summed E-state index contributed by atoms with van der Waals surface area (Å²) in [5.74, 6) is 0. The molecule has 1 heterocycles. The zero-order valence-corrected chi connectivity index (χ0v) is 11.4. The van der Waals surface area contributed by atoms with Gasteiger partial charge >= 0.3 is 0 Å². The standard InChI is InChI=1S/C12H19N3O3S/c13-9-5-10(7-12(6-9)19(14,16)17)15-8-11-3-1-2-4-18-11/h5-7,11,15H,1-4,8,13H2,(H2,14,16,17). The number of sulfonamides is 1. The highest BCUT2D eigenvalue weighted by Crippen LogP contribution is 2.20. The van der Waals surface area contributed by atoms with E-state index in [0.717, 1.165) is 25.9 Å². The maximum absolute atomic E-state index is 11.3. The Bertz CT molecular complexity index is 539. The monoisotopic (exact) mass is 285 g/mol. The average Bonchev–Trinajstić information content (AvgIpc) is 2.36. The molecule has 1 saturated heterocycles. The normalized spacial score (nSPS) is 20.2. The number of primary sulfonamides is 1. The fourth-order valence-electron chi connectivity index (χ4n) is 2.09. The number of nitrogens with two attached hydrogens (primary N) is 2. The van der Waals surface area contributed by atoms with Gasteiger partial charge < -0.3 is 15.8 Å². The molecule has 2 rings (SSSR count). The number of nitrogen functional groups attached to an aromatic ring is 1. The molecule has 1 atom stereocenters. The van der Waals surface area contributed by atoms with Crippen molar-refractivity contribution in [2.75, 3.05) is 24.2 Å². The first kappa shape index (κ1) is 14.1. The Morgan fingerprint density at radius 2 is 2.11 bits per heavy atom. The number of ether oxygens (including phenoxy) is 1. The molecule has 1 fully saturated rings. The third-order valence-corrected chi connectivity index (χ3v) is 3.96. The van der Waals surface area contributed by atoms with Crippen molar-refractivity contribution in [2.45, 2.75) is 30.3 Å². The average molecular weight is 285 g/mol. The number of hydrogen-bond acceptors (Lipinski definition) is 5. The molecule has 1 aliphatic rings. The molecule has 19 heavy (non-hydrogen) atoms. The summed E-state index contributed by atoms with van der Waals surface area (Å²) in [5.41, 5.74) is 6.67. The van der Waals surface area contributed by atoms with Gasteiger partial charge in [0.25, 0.3) is 0 Å². The molecule has 1 aliphatic heterocycles. The van der Waals surface area contributed by atoms with Gasteiger partial charge in [0.05, 0.1) is 11.0 Å². The maximum Gasteiger partial charge on any atom is 0.238 e. The van der Waals surface area contributed by atoms with E-state index in [0.29, 0.717) is 17.9 Å². The van der Waals surface area contributed by atoms with Crippen molar-refractivity contribution >= 4 is 21.4 Å². The molecule has 6 nitrogen and oxygen atoms in total. The van der Waals surface area contributed by atoms with Crippen molar-refractivity contribution in [2.24, 2.45) is 5.14 Å². The molecule has 7 heteroatoms. The summed E-state index contributed by atoms with van der Waals surface area (Å²) in [4.78, 5) is 0.0135. The minimum Gasteiger partial charge on any atom is -0.399 e. The van der Waals surface area contributed by atoms with E-state index in [1.54, 1.807) is 6.07 Å². The second kappa shape index (κ2) is 5.77. The van der Waals surface area contributed by atoms with Crippen molar-refractivity contribution in [3.05, 3.63) is 18.2 Å². The first-order valence-electron chi connectivity index (χ1n) is 6.24. The molecule has 0 saturated carbocycles. The van der Waals surface area contributed by atoms with Crippen LogP contribution in [0.2, 0.25) is 0 Å². The van der Waals surface area contributed by atoms with Gasteiger partial charge in [0, 0.05) is 24.5 Å². The topological polar surface area (TPSA) is 107 Å². The van der Waals surface area contributed by atoms with Gasteiger partial charge in [-0.2, -0.15) is 0 Å². The van der Waals surface area contributed by atoms with E-state index in [1.807, 2.05) is 0 Å². The minimum absolute atomic E-state index is 0.0135. The molecule has 0 amide bonds. The fraction of sp³-hybridized carbons (Fsp3) is 0.500. The highest BCUT2D eigenvalue weighted by atomic mass is 32.2. The van der Waals surface area contributed by atoms with E-state index in [4.69, 9.17) is 15.6 Å². The summed E-state index contributed by atoms with van der Waals surface area (Å²) in [6.07, 6.45) is 3.43. The molecule has 106 valence electrons. The summed E-state index contributed by atoms with van der Waals surface area (Å²) in [5, 5.41) is 8.24. The van der Waals surface area contributed by atoms with E-state index in [9.17, 15) is 8.42 Å². The lowest BCUT2D eigenvalue weighted by atomic mass is 10.1. The molecule has 0 aliphatic carbocycles. The van der Waals surface area contributed by atoms with Crippen molar-refractivity contribution < 1.29 is 13.2 Å². The number of anilines is 2. The Morgan fingerprint density at radius 1 is 1.32 bits per heavy atom. The molecule has 0 spiro atoms. The van der Waals surface area contributed by atoms with E-state index >= 15 is 0 Å². The van der Waals surface area contributed by atoms with Gasteiger partial charge in [-0.3, -0.25) is 0 Å². The summed E-state index contributed by atoms with van der Waals surface area (Å²) < 4.78 is 28.2. The maximum atomic E-state index is 11.3. The third kappa shape index (κ3) is 4.09. The largest absolute Gasteiger partial charge is 0.399 e. The highest BCUT2D eigenvalue weighted by Gasteiger charge is 2.14. The van der Waals surface area contributed by atoms with Crippen molar-refractivity contribution in [3.63, 3.8) is 0 Å². The van der Waals surface area contributed by atoms with E-state index in [-0.39, 0.29) is 11.0 Å². The first-order chi connectivity index (χ1) is 8.95. The van der Waals surface area contributed by atoms with Gasteiger partial charge in [-0.15, -0.1) is 0 Å². The lowest BCUT2D eigenvalue weighted by molar-refractivity contribution is 0.0247. The van der Waals surface area contributed by atoms with Gasteiger partial charge in [-0.1, -0.05) is 0 Å². The second-order valence-electron chi connectivity index (χ2n) is 4.71. The van der Waals surface area contributed by atoms with Crippen LogP contribution in [0.4, 0.5) is 11.4 Å². The van der Waals surface area contributed by atoms with E-state index in [1.165, 1.54) is 12.1 Å². The van der Waals surface area contributed by atoms with Crippen LogP contribution in [0.3, 0.4) is 0 Å². The predicted octanol–water partition coefficient (Wildman–Crippen LogP) is 0.897. The van der Waals surface area contributed by atoms with Gasteiger partial charge in [0.15, 0.2) is 0 Å². The first-order valence-corrected chi connectivity index (χ1v) is 7.78. The van der Waals surface area contributed by atoms with E-state index in [2.05, 4.69) is 5.32 Å². The number of benzene rings is 1. The number of nitrogens with one attached hydrogen (secondary N) is 1. The Hall–Kier alpha value is -1.31. The molecular weight excluding hydrogens is 266 g/mol. The van der Waals surface area contributed by atoms with Crippen LogP contribution in [0, 0.1) is 0 Å². The number of rotatable bonds is 4. The van der Waals surface area contributed by atoms with Crippen molar-refractivity contribution in [3.8, 4) is 0 Å². The van der Waals surface area contributed by atoms with Crippen LogP contribution in [0.5, 0.6) is 0 Å². The van der Waals surface area contributed by atoms with Crippen LogP contribution in [0.25, 0.3) is 0 Å². The molecule has 1 aromatic carbocycles. The zero-order chi connectivity index (χ0) is 13.9. The van der Waals surface area contributed by atoms with Crippen LogP contribution >= 0.6 is 0 Å². The minimum atomic E-state index is -3.74. The zero-order valence-electron chi connectivity index (χ0n) is 10.6. The SMILES string of the molecule is Nc1cc(NCC2CCCCO2)cc(S(N)(=O)=O)c1. The highest BCUT2D eigenvalue weighted by molar-refractivity contribution is 7.89. The van der Waals surface area contributed by atoms with Crippen molar-refractivity contribution in [1.29, 1.82) is 0 Å². The fourth-order valence-corrected chi connectivity index (χ4v) is 2.68. The Balaban J connectivity index is 2.05. The molecule has 0 bridgehead atoms. The Morgan fingerprint density at radius 3 is 2.74 bits per heavy atom. The summed E-state index contributed by atoms with van der Waals surface area (Å²) in [6.45, 7) is 1.42.